The minimum absolute atomic E-state index is 0.312. The number of rotatable bonds is 1. The van der Waals surface area contributed by atoms with E-state index in [2.05, 4.69) is 25.6 Å². The van der Waals surface area contributed by atoms with Crippen LogP contribution in [0, 0.1) is 0 Å². The summed E-state index contributed by atoms with van der Waals surface area (Å²) in [6.45, 7) is 0. The largest absolute Gasteiger partial charge is 0.336 e. The van der Waals surface area contributed by atoms with Crippen LogP contribution in [0.25, 0.3) is 22.1 Å². The topological polar surface area (TPSA) is 92.5 Å². The van der Waals surface area contributed by atoms with Gasteiger partial charge in [0.2, 0.25) is 0 Å². The average molecular weight is 200 g/mol. The fourth-order valence-electron chi connectivity index (χ4n) is 1.59. The number of aromatic amines is 1. The van der Waals surface area contributed by atoms with Crippen molar-refractivity contribution in [2.45, 2.75) is 0 Å². The lowest BCUT2D eigenvalue weighted by atomic mass is 10.2. The number of nitrogens with zero attached hydrogens (tertiary/aromatic N) is 3. The molecule has 6 nitrogen and oxygen atoms in total. The summed E-state index contributed by atoms with van der Waals surface area (Å²) in [6.07, 6.45) is 0. The number of nitrogens with two attached hydrogens (primary N) is 1. The maximum atomic E-state index is 5.23. The van der Waals surface area contributed by atoms with Gasteiger partial charge in [-0.15, -0.1) is 10.2 Å². The van der Waals surface area contributed by atoms with Crippen LogP contribution in [0.15, 0.2) is 24.3 Å². The molecule has 3 aromatic rings. The van der Waals surface area contributed by atoms with Crippen LogP contribution >= 0.6 is 0 Å². The van der Waals surface area contributed by atoms with Crippen molar-refractivity contribution in [3.63, 3.8) is 0 Å². The molecule has 6 heteroatoms. The van der Waals surface area contributed by atoms with Crippen LogP contribution in [0.2, 0.25) is 0 Å². The summed E-state index contributed by atoms with van der Waals surface area (Å²) < 4.78 is 0. The Morgan fingerprint density at radius 2 is 2.07 bits per heavy atom. The minimum atomic E-state index is 0.312. The van der Waals surface area contributed by atoms with Crippen molar-refractivity contribution >= 4 is 28.0 Å². The lowest BCUT2D eigenvalue weighted by Crippen LogP contribution is -2.10. The maximum absolute atomic E-state index is 5.23. The van der Waals surface area contributed by atoms with Crippen molar-refractivity contribution in [1.29, 1.82) is 0 Å². The van der Waals surface area contributed by atoms with Crippen LogP contribution in [0.5, 0.6) is 0 Å². The summed E-state index contributed by atoms with van der Waals surface area (Å²) in [5.41, 5.74) is 4.80. The number of nitrogen functional groups attached to an aromatic ring is 1. The number of aromatic nitrogens is 4. The Kier molecular flexibility index (Phi) is 1.57. The summed E-state index contributed by atoms with van der Waals surface area (Å²) >= 11 is 0. The van der Waals surface area contributed by atoms with E-state index in [-0.39, 0.29) is 0 Å². The molecular weight excluding hydrogens is 192 g/mol. The summed E-state index contributed by atoms with van der Waals surface area (Å²) in [4.78, 5) is 7.37. The molecule has 1 aromatic carbocycles. The monoisotopic (exact) mass is 200 g/mol. The molecule has 4 N–H and O–H groups in total. The third-order valence-corrected chi connectivity index (χ3v) is 2.25. The van der Waals surface area contributed by atoms with E-state index in [4.69, 9.17) is 5.84 Å². The van der Waals surface area contributed by atoms with Gasteiger partial charge in [-0.05, 0) is 6.07 Å². The van der Waals surface area contributed by atoms with E-state index < -0.39 is 0 Å². The Morgan fingerprint density at radius 3 is 2.93 bits per heavy atom. The van der Waals surface area contributed by atoms with Crippen LogP contribution in [0.4, 0.5) is 5.95 Å². The highest BCUT2D eigenvalue weighted by Gasteiger charge is 2.07. The average Bonchev–Trinajstić information content (AvgIpc) is 2.66. The molecule has 0 unspecified atom stereocenters. The highest BCUT2D eigenvalue weighted by molar-refractivity contribution is 6.03. The van der Waals surface area contributed by atoms with Gasteiger partial charge in [-0.2, -0.15) is 0 Å². The zero-order valence-electron chi connectivity index (χ0n) is 7.73. The predicted octanol–water partition coefficient (Wildman–Crippen LogP) is 0.792. The second-order valence-electron chi connectivity index (χ2n) is 3.15. The van der Waals surface area contributed by atoms with Gasteiger partial charge in [0.05, 0.1) is 0 Å². The molecule has 2 aromatic heterocycles. The van der Waals surface area contributed by atoms with E-state index in [9.17, 15) is 0 Å². The first kappa shape index (κ1) is 8.13. The zero-order valence-corrected chi connectivity index (χ0v) is 7.73. The number of hydrogen-bond donors (Lipinski definition) is 3. The van der Waals surface area contributed by atoms with Gasteiger partial charge in [-0.1, -0.05) is 18.2 Å². The molecule has 0 bridgehead atoms. The Bertz CT molecular complexity index is 629. The smallest absolute Gasteiger partial charge is 0.257 e. The van der Waals surface area contributed by atoms with Gasteiger partial charge >= 0.3 is 0 Å². The van der Waals surface area contributed by atoms with Crippen molar-refractivity contribution < 1.29 is 0 Å². The van der Waals surface area contributed by atoms with E-state index in [1.54, 1.807) is 0 Å². The second kappa shape index (κ2) is 2.89. The fraction of sp³-hybridized carbons (Fsp3) is 0. The molecular formula is C9H8N6. The Morgan fingerprint density at radius 1 is 1.20 bits per heavy atom. The van der Waals surface area contributed by atoms with E-state index in [0.717, 1.165) is 16.4 Å². The van der Waals surface area contributed by atoms with Crippen LogP contribution in [0.1, 0.15) is 0 Å². The lowest BCUT2D eigenvalue weighted by molar-refractivity contribution is 1.00. The first-order valence-electron chi connectivity index (χ1n) is 4.46. The summed E-state index contributed by atoms with van der Waals surface area (Å²) in [7, 11) is 0. The quantitative estimate of drug-likeness (QED) is 0.399. The molecule has 0 saturated heterocycles. The molecule has 0 aliphatic heterocycles. The van der Waals surface area contributed by atoms with Gasteiger partial charge in [0.1, 0.15) is 5.52 Å². The normalized spacial score (nSPS) is 11.0. The predicted molar refractivity (Wildman–Crippen MR) is 57.0 cm³/mol. The van der Waals surface area contributed by atoms with Gasteiger partial charge in [0.25, 0.3) is 5.95 Å². The van der Waals surface area contributed by atoms with Crippen molar-refractivity contribution in [2.75, 3.05) is 5.43 Å². The van der Waals surface area contributed by atoms with Gasteiger partial charge in [0.15, 0.2) is 5.65 Å². The number of para-hydroxylation sites is 1. The third kappa shape index (κ3) is 1.12. The van der Waals surface area contributed by atoms with Crippen molar-refractivity contribution in [3.05, 3.63) is 24.3 Å². The second-order valence-corrected chi connectivity index (χ2v) is 3.15. The molecule has 0 atom stereocenters. The van der Waals surface area contributed by atoms with E-state index in [1.165, 1.54) is 0 Å². The maximum Gasteiger partial charge on any atom is 0.257 e. The lowest BCUT2D eigenvalue weighted by Gasteiger charge is -1.94. The molecule has 0 radical (unpaired) electrons. The number of hydrazine groups is 1. The van der Waals surface area contributed by atoms with Crippen LogP contribution in [-0.2, 0) is 0 Å². The van der Waals surface area contributed by atoms with Crippen molar-refractivity contribution in [3.8, 4) is 0 Å². The van der Waals surface area contributed by atoms with E-state index in [0.29, 0.717) is 11.6 Å². The molecule has 15 heavy (non-hydrogen) atoms. The van der Waals surface area contributed by atoms with E-state index >= 15 is 0 Å². The highest BCUT2D eigenvalue weighted by Crippen LogP contribution is 2.21. The van der Waals surface area contributed by atoms with Gasteiger partial charge in [0, 0.05) is 10.9 Å². The van der Waals surface area contributed by atoms with Crippen molar-refractivity contribution in [1.82, 2.24) is 20.2 Å². The molecule has 3 rings (SSSR count). The van der Waals surface area contributed by atoms with E-state index in [1.807, 2.05) is 24.3 Å². The van der Waals surface area contributed by atoms with Gasteiger partial charge < -0.3 is 4.98 Å². The number of benzene rings is 1. The Hall–Kier alpha value is -2.21. The fourth-order valence-corrected chi connectivity index (χ4v) is 1.59. The van der Waals surface area contributed by atoms with Gasteiger partial charge in [-0.3, -0.25) is 5.43 Å². The Labute approximate surface area is 84.5 Å². The number of H-pyrrole nitrogens is 1. The first-order chi connectivity index (χ1) is 7.38. The highest BCUT2D eigenvalue weighted by atomic mass is 15.4. The molecule has 0 amide bonds. The van der Waals surface area contributed by atoms with Crippen molar-refractivity contribution in [2.24, 2.45) is 5.84 Å². The molecule has 0 aliphatic rings. The number of anilines is 1. The summed E-state index contributed by atoms with van der Waals surface area (Å²) in [6, 6.07) is 7.85. The molecule has 0 spiro atoms. The van der Waals surface area contributed by atoms with Crippen LogP contribution in [0.3, 0.4) is 0 Å². The SMILES string of the molecule is NNc1nnc2[nH]c3ccccc3c2n1. The molecule has 0 fully saturated rings. The molecule has 0 aliphatic carbocycles. The van der Waals surface area contributed by atoms with Crippen LogP contribution in [-0.4, -0.2) is 20.2 Å². The zero-order chi connectivity index (χ0) is 10.3. The van der Waals surface area contributed by atoms with Crippen LogP contribution < -0.4 is 11.3 Å². The first-order valence-corrected chi connectivity index (χ1v) is 4.46. The Balaban J connectivity index is 2.46. The number of hydrogen-bond acceptors (Lipinski definition) is 5. The minimum Gasteiger partial charge on any atom is -0.336 e. The summed E-state index contributed by atoms with van der Waals surface area (Å²) in [5.74, 6) is 5.54. The van der Waals surface area contributed by atoms with Gasteiger partial charge in [-0.25, -0.2) is 10.8 Å². The number of nitrogens with one attached hydrogen (secondary N) is 2. The molecule has 74 valence electrons. The summed E-state index contributed by atoms with van der Waals surface area (Å²) in [5, 5.41) is 8.78. The standard InChI is InChI=1S/C9H8N6/c10-13-9-12-7-5-3-1-2-4-6(5)11-8(7)14-15-9/h1-4H,10H2,(H,11,14)(H,12,13,15). The number of fused-ring (bicyclic) bond motifs is 3. The molecule has 0 saturated carbocycles. The third-order valence-electron chi connectivity index (χ3n) is 2.25. The molecule has 2 heterocycles.